The molecule has 0 amide bonds. The van der Waals surface area contributed by atoms with Crippen molar-refractivity contribution in [2.45, 2.75) is 31.9 Å². The summed E-state index contributed by atoms with van der Waals surface area (Å²) >= 11 is 0. The number of aliphatic hydroxyl groups is 1. The van der Waals surface area contributed by atoms with Crippen LogP contribution in [-0.2, 0) is 11.4 Å². The van der Waals surface area contributed by atoms with Crippen LogP contribution in [0.25, 0.3) is 6.08 Å². The number of β-amino-alcohol motifs (C(OH)–C–C–N with tert-alkyl or cyclic N) is 1. The van der Waals surface area contributed by atoms with E-state index in [2.05, 4.69) is 82.0 Å². The van der Waals surface area contributed by atoms with Crippen LogP contribution in [0.1, 0.15) is 30.4 Å². The summed E-state index contributed by atoms with van der Waals surface area (Å²) < 4.78 is 0. The van der Waals surface area contributed by atoms with Crippen molar-refractivity contribution in [2.24, 2.45) is 0 Å². The zero-order valence-electron chi connectivity index (χ0n) is 18.8. The van der Waals surface area contributed by atoms with Crippen molar-refractivity contribution in [3.63, 3.8) is 0 Å². The Morgan fingerprint density at radius 1 is 0.938 bits per heavy atom. The van der Waals surface area contributed by atoms with E-state index in [-0.39, 0.29) is 6.61 Å². The number of hydrogen-bond acceptors (Lipinski definition) is 5. The van der Waals surface area contributed by atoms with Gasteiger partial charge in [-0.05, 0) is 42.0 Å². The number of aliphatic hydroxyl groups excluding tert-OH is 1. The third-order valence-corrected chi connectivity index (χ3v) is 6.13. The summed E-state index contributed by atoms with van der Waals surface area (Å²) in [5.74, 6) is 0. The molecule has 0 radical (unpaired) electrons. The smallest absolute Gasteiger partial charge is 0.102 e. The zero-order valence-corrected chi connectivity index (χ0v) is 18.8. The number of piperazine rings is 1. The van der Waals surface area contributed by atoms with Crippen molar-refractivity contribution in [3.8, 4) is 0 Å². The molecule has 2 aliphatic rings. The summed E-state index contributed by atoms with van der Waals surface area (Å²) in [6, 6.07) is 21.0. The number of nitrogens with one attached hydrogen (secondary N) is 1. The van der Waals surface area contributed by atoms with Gasteiger partial charge in [0, 0.05) is 39.3 Å². The molecule has 1 aliphatic heterocycles. The van der Waals surface area contributed by atoms with Crippen molar-refractivity contribution in [1.82, 2.24) is 15.3 Å². The Kier molecular flexibility index (Phi) is 8.51. The monoisotopic (exact) mass is 433 g/mol. The lowest BCUT2D eigenvalue weighted by molar-refractivity contribution is -0.0235. The van der Waals surface area contributed by atoms with Crippen LogP contribution in [0.5, 0.6) is 0 Å². The fourth-order valence-corrected chi connectivity index (χ4v) is 4.35. The van der Waals surface area contributed by atoms with E-state index in [4.69, 9.17) is 4.84 Å². The van der Waals surface area contributed by atoms with Crippen LogP contribution in [0.4, 0.5) is 0 Å². The average molecular weight is 434 g/mol. The summed E-state index contributed by atoms with van der Waals surface area (Å²) in [5.41, 5.74) is 7.94. The molecule has 1 fully saturated rings. The summed E-state index contributed by atoms with van der Waals surface area (Å²) in [6.07, 6.45) is 7.14. The van der Waals surface area contributed by atoms with E-state index in [0.29, 0.717) is 6.54 Å². The van der Waals surface area contributed by atoms with Crippen molar-refractivity contribution in [1.29, 1.82) is 0 Å². The molecular formula is C27H35N3O2. The number of hydrogen-bond donors (Lipinski definition) is 2. The topological polar surface area (TPSA) is 48.0 Å². The largest absolute Gasteiger partial charge is 0.389 e. The van der Waals surface area contributed by atoms with Crippen molar-refractivity contribution >= 4 is 6.08 Å². The molecule has 2 N–H and O–H groups in total. The molecule has 4 rings (SSSR count). The van der Waals surface area contributed by atoms with E-state index in [0.717, 1.165) is 57.7 Å². The molecule has 0 saturated carbocycles. The highest BCUT2D eigenvalue weighted by atomic mass is 16.6. The van der Waals surface area contributed by atoms with Gasteiger partial charge in [-0.1, -0.05) is 66.7 Å². The molecule has 0 unspecified atom stereocenters. The summed E-state index contributed by atoms with van der Waals surface area (Å²) in [6.45, 7) is 5.94. The summed E-state index contributed by atoms with van der Waals surface area (Å²) in [7, 11) is 0. The van der Waals surface area contributed by atoms with Crippen molar-refractivity contribution in [2.75, 3.05) is 39.3 Å². The van der Waals surface area contributed by atoms with Gasteiger partial charge in [0.05, 0.1) is 11.8 Å². The van der Waals surface area contributed by atoms with Crippen LogP contribution >= 0.6 is 0 Å². The Bertz CT molecular complexity index is 874. The molecule has 2 aromatic carbocycles. The predicted molar refractivity (Wildman–Crippen MR) is 130 cm³/mol. The van der Waals surface area contributed by atoms with Gasteiger partial charge < -0.3 is 5.11 Å². The fourth-order valence-electron chi connectivity index (χ4n) is 4.35. The molecule has 1 saturated heterocycles. The SMILES string of the molecule is O[C@H](CONC1=CCCCC1=Cc1ccccc1)CN1CCN(Cc2ccccc2)CC1. The van der Waals surface area contributed by atoms with Crippen molar-refractivity contribution in [3.05, 3.63) is 89.1 Å². The van der Waals surface area contributed by atoms with E-state index >= 15 is 0 Å². The van der Waals surface area contributed by atoms with Gasteiger partial charge in [0.25, 0.3) is 0 Å². The van der Waals surface area contributed by atoms with E-state index in [1.165, 1.54) is 16.7 Å². The second-order valence-electron chi connectivity index (χ2n) is 8.72. The Hall–Kier alpha value is -2.44. The molecule has 5 nitrogen and oxygen atoms in total. The van der Waals surface area contributed by atoms with Gasteiger partial charge in [-0.2, -0.15) is 0 Å². The van der Waals surface area contributed by atoms with E-state index in [1.54, 1.807) is 0 Å². The molecule has 32 heavy (non-hydrogen) atoms. The summed E-state index contributed by atoms with van der Waals surface area (Å²) in [5, 5.41) is 10.5. The average Bonchev–Trinajstić information content (AvgIpc) is 2.83. The third kappa shape index (κ3) is 7.04. The van der Waals surface area contributed by atoms with E-state index in [9.17, 15) is 5.11 Å². The first kappa shape index (κ1) is 22.7. The minimum atomic E-state index is -0.506. The molecule has 170 valence electrons. The van der Waals surface area contributed by atoms with Crippen LogP contribution in [0.3, 0.4) is 0 Å². The van der Waals surface area contributed by atoms with Crippen LogP contribution in [-0.4, -0.2) is 60.3 Å². The highest BCUT2D eigenvalue weighted by Crippen LogP contribution is 2.24. The fraction of sp³-hybridized carbons (Fsp3) is 0.407. The molecule has 0 spiro atoms. The second kappa shape index (κ2) is 12.0. The molecular weight excluding hydrogens is 398 g/mol. The van der Waals surface area contributed by atoms with Gasteiger partial charge >= 0.3 is 0 Å². The molecule has 0 bridgehead atoms. The molecule has 2 aromatic rings. The molecule has 1 aliphatic carbocycles. The third-order valence-electron chi connectivity index (χ3n) is 6.13. The lowest BCUT2D eigenvalue weighted by Crippen LogP contribution is -2.48. The first-order chi connectivity index (χ1) is 15.8. The van der Waals surface area contributed by atoms with Crippen LogP contribution < -0.4 is 5.48 Å². The number of nitrogens with zero attached hydrogens (tertiary/aromatic N) is 2. The lowest BCUT2D eigenvalue weighted by Gasteiger charge is -2.35. The van der Waals surface area contributed by atoms with Gasteiger partial charge in [-0.15, -0.1) is 0 Å². The first-order valence-electron chi connectivity index (χ1n) is 11.8. The van der Waals surface area contributed by atoms with E-state index < -0.39 is 6.10 Å². The van der Waals surface area contributed by atoms with Gasteiger partial charge in [0.15, 0.2) is 0 Å². The Morgan fingerprint density at radius 2 is 1.62 bits per heavy atom. The van der Waals surface area contributed by atoms with Crippen LogP contribution in [0.15, 0.2) is 78.0 Å². The highest BCUT2D eigenvalue weighted by molar-refractivity contribution is 5.58. The van der Waals surface area contributed by atoms with Crippen molar-refractivity contribution < 1.29 is 9.94 Å². The van der Waals surface area contributed by atoms with Gasteiger partial charge in [0.2, 0.25) is 0 Å². The number of rotatable bonds is 9. The number of benzene rings is 2. The Balaban J connectivity index is 1.17. The summed E-state index contributed by atoms with van der Waals surface area (Å²) in [4.78, 5) is 10.5. The van der Waals surface area contributed by atoms with Gasteiger partial charge in [-0.3, -0.25) is 20.1 Å². The quantitative estimate of drug-likeness (QED) is 0.589. The van der Waals surface area contributed by atoms with Crippen LogP contribution in [0.2, 0.25) is 0 Å². The maximum Gasteiger partial charge on any atom is 0.102 e. The van der Waals surface area contributed by atoms with Gasteiger partial charge in [0.1, 0.15) is 6.61 Å². The lowest BCUT2D eigenvalue weighted by atomic mass is 9.97. The number of hydroxylamine groups is 1. The standard InChI is InChI=1S/C27H35N3O2/c31-26(21-30-17-15-29(16-18-30)20-24-11-5-2-6-12-24)22-32-28-27-14-8-7-13-25(27)19-23-9-3-1-4-10-23/h1-6,9-12,14,19,26,28,31H,7-8,13,15-18,20-22H2/t26-/m0/s1. The second-order valence-corrected chi connectivity index (χ2v) is 8.72. The normalized spacial score (nSPS) is 20.2. The minimum absolute atomic E-state index is 0.278. The zero-order chi connectivity index (χ0) is 22.0. The van der Waals surface area contributed by atoms with Crippen LogP contribution in [0, 0.1) is 0 Å². The first-order valence-corrected chi connectivity index (χ1v) is 11.8. The maximum atomic E-state index is 10.5. The van der Waals surface area contributed by atoms with Gasteiger partial charge in [-0.25, -0.2) is 0 Å². The van der Waals surface area contributed by atoms with E-state index in [1.807, 2.05) is 6.07 Å². The molecule has 1 heterocycles. The number of allylic oxidation sites excluding steroid dienone is 2. The maximum absolute atomic E-state index is 10.5. The predicted octanol–water partition coefficient (Wildman–Crippen LogP) is 3.84. The molecule has 5 heteroatoms. The Labute approximate surface area is 192 Å². The molecule has 1 atom stereocenters. The minimum Gasteiger partial charge on any atom is -0.389 e. The highest BCUT2D eigenvalue weighted by Gasteiger charge is 2.20. The Morgan fingerprint density at radius 3 is 2.38 bits per heavy atom. The molecule has 0 aromatic heterocycles.